The van der Waals surface area contributed by atoms with E-state index in [0.29, 0.717) is 0 Å². The molecule has 0 fully saturated rings. The van der Waals surface area contributed by atoms with Gasteiger partial charge >= 0.3 is 0 Å². The van der Waals surface area contributed by atoms with Gasteiger partial charge in [-0.2, -0.15) is 0 Å². The quantitative estimate of drug-likeness (QED) is 0.279. The van der Waals surface area contributed by atoms with Crippen LogP contribution in [0.2, 0.25) is 0 Å². The first-order valence-corrected chi connectivity index (χ1v) is 9.75. The molecule has 21 heavy (non-hydrogen) atoms. The molecule has 0 atom stereocenters. The van der Waals surface area contributed by atoms with Gasteiger partial charge < -0.3 is 4.90 Å². The van der Waals surface area contributed by atoms with Crippen molar-refractivity contribution < 1.29 is 0 Å². The summed E-state index contributed by atoms with van der Waals surface area (Å²) >= 11 is 0. The first kappa shape index (κ1) is 20.5. The van der Waals surface area contributed by atoms with Crippen molar-refractivity contribution >= 4 is 0 Å². The number of unbranched alkanes of at least 4 members (excludes halogenated alkanes) is 10. The van der Waals surface area contributed by atoms with Gasteiger partial charge in [-0.1, -0.05) is 84.6 Å². The first-order chi connectivity index (χ1) is 10.3. The molecule has 0 spiro atoms. The summed E-state index contributed by atoms with van der Waals surface area (Å²) in [4.78, 5) is 2.53. The Kier molecular flexibility index (Phi) is 17.2. The Morgan fingerprint density at radius 3 is 1.57 bits per heavy atom. The molecule has 0 aliphatic heterocycles. The van der Waals surface area contributed by atoms with Crippen LogP contribution in [0, 0.1) is 0 Å². The molecule has 0 heterocycles. The van der Waals surface area contributed by atoms with Gasteiger partial charge in [-0.05, 0) is 31.9 Å². The highest BCUT2D eigenvalue weighted by molar-refractivity contribution is 4.82. The van der Waals surface area contributed by atoms with Gasteiger partial charge in [0.15, 0.2) is 0 Å². The Morgan fingerprint density at radius 2 is 1.05 bits per heavy atom. The largest absolute Gasteiger partial charge is 0.378 e. The third-order valence-corrected chi connectivity index (χ3v) is 4.14. The van der Waals surface area contributed by atoms with E-state index in [0.717, 1.165) is 0 Å². The zero-order valence-corrected chi connectivity index (χ0v) is 15.2. The van der Waals surface area contributed by atoms with Crippen molar-refractivity contribution in [1.82, 2.24) is 4.90 Å². The second kappa shape index (κ2) is 17.6. The maximum absolute atomic E-state index is 2.53. The molecular formula is C20H41N. The van der Waals surface area contributed by atoms with E-state index < -0.39 is 0 Å². The lowest BCUT2D eigenvalue weighted by molar-refractivity contribution is 0.359. The van der Waals surface area contributed by atoms with Crippen LogP contribution in [0.1, 0.15) is 104 Å². The highest BCUT2D eigenvalue weighted by Crippen LogP contribution is 2.10. The third kappa shape index (κ3) is 15.7. The van der Waals surface area contributed by atoms with Crippen molar-refractivity contribution in [2.75, 3.05) is 13.1 Å². The van der Waals surface area contributed by atoms with Crippen LogP contribution in [0.5, 0.6) is 0 Å². The van der Waals surface area contributed by atoms with Crippen LogP contribution in [-0.2, 0) is 0 Å². The summed E-state index contributed by atoms with van der Waals surface area (Å²) in [6.07, 6.45) is 22.6. The number of hydrogen-bond acceptors (Lipinski definition) is 1. The van der Waals surface area contributed by atoms with Crippen LogP contribution >= 0.6 is 0 Å². The van der Waals surface area contributed by atoms with E-state index in [2.05, 4.69) is 37.9 Å². The van der Waals surface area contributed by atoms with E-state index in [1.165, 1.54) is 96.6 Å². The monoisotopic (exact) mass is 295 g/mol. The molecule has 0 N–H and O–H groups in total. The zero-order chi connectivity index (χ0) is 15.6. The van der Waals surface area contributed by atoms with Crippen molar-refractivity contribution in [2.45, 2.75) is 104 Å². The average Bonchev–Trinajstić information content (AvgIpc) is 2.51. The summed E-state index contributed by atoms with van der Waals surface area (Å²) in [6, 6.07) is 0. The predicted octanol–water partition coefficient (Wildman–Crippen LogP) is 6.93. The van der Waals surface area contributed by atoms with Crippen molar-refractivity contribution in [3.8, 4) is 0 Å². The molecular weight excluding hydrogens is 254 g/mol. The molecule has 1 heteroatoms. The minimum Gasteiger partial charge on any atom is -0.378 e. The van der Waals surface area contributed by atoms with Crippen molar-refractivity contribution in [1.29, 1.82) is 0 Å². The lowest BCUT2D eigenvalue weighted by Gasteiger charge is -2.19. The third-order valence-electron chi connectivity index (χ3n) is 4.14. The molecule has 0 bridgehead atoms. The van der Waals surface area contributed by atoms with Gasteiger partial charge in [0.1, 0.15) is 0 Å². The Hall–Kier alpha value is -0.460. The van der Waals surface area contributed by atoms with Crippen molar-refractivity contribution in [3.63, 3.8) is 0 Å². The molecule has 0 aromatic heterocycles. The molecule has 126 valence electrons. The Morgan fingerprint density at radius 1 is 0.571 bits per heavy atom. The highest BCUT2D eigenvalue weighted by atomic mass is 15.1. The lowest BCUT2D eigenvalue weighted by Crippen LogP contribution is -2.19. The van der Waals surface area contributed by atoms with Crippen LogP contribution < -0.4 is 0 Å². The van der Waals surface area contributed by atoms with Crippen LogP contribution in [-0.4, -0.2) is 18.0 Å². The standard InChI is InChI=1S/C20H41N/c1-4-7-10-11-12-13-14-15-16-17-20-21(18-8-5-2)19-9-6-3/h17,20H,4-16,18-19H2,1-3H3. The molecule has 0 aliphatic rings. The molecule has 0 amide bonds. The van der Waals surface area contributed by atoms with Gasteiger partial charge in [0.2, 0.25) is 0 Å². The Labute approximate surface area is 135 Å². The second-order valence-electron chi connectivity index (χ2n) is 6.39. The molecule has 0 aromatic rings. The fourth-order valence-corrected chi connectivity index (χ4v) is 2.60. The summed E-state index contributed by atoms with van der Waals surface area (Å²) in [7, 11) is 0. The van der Waals surface area contributed by atoms with Crippen molar-refractivity contribution in [3.05, 3.63) is 12.3 Å². The number of hydrogen-bond donors (Lipinski definition) is 0. The number of nitrogens with zero attached hydrogens (tertiary/aromatic N) is 1. The normalized spacial score (nSPS) is 11.4. The Balaban J connectivity index is 3.51. The average molecular weight is 296 g/mol. The van der Waals surface area contributed by atoms with Crippen LogP contribution in [0.3, 0.4) is 0 Å². The maximum atomic E-state index is 2.53. The van der Waals surface area contributed by atoms with E-state index in [1.54, 1.807) is 0 Å². The second-order valence-corrected chi connectivity index (χ2v) is 6.39. The highest BCUT2D eigenvalue weighted by Gasteiger charge is 1.97. The topological polar surface area (TPSA) is 3.24 Å². The first-order valence-electron chi connectivity index (χ1n) is 9.75. The fourth-order valence-electron chi connectivity index (χ4n) is 2.60. The molecule has 0 saturated carbocycles. The van der Waals surface area contributed by atoms with Gasteiger partial charge in [-0.25, -0.2) is 0 Å². The van der Waals surface area contributed by atoms with E-state index in [9.17, 15) is 0 Å². The van der Waals surface area contributed by atoms with Gasteiger partial charge in [0, 0.05) is 13.1 Å². The predicted molar refractivity (Wildman–Crippen MR) is 97.8 cm³/mol. The van der Waals surface area contributed by atoms with E-state index in [-0.39, 0.29) is 0 Å². The lowest BCUT2D eigenvalue weighted by atomic mass is 10.1. The minimum atomic E-state index is 1.24. The minimum absolute atomic E-state index is 1.24. The molecule has 0 unspecified atom stereocenters. The summed E-state index contributed by atoms with van der Waals surface area (Å²) in [5.41, 5.74) is 0. The summed E-state index contributed by atoms with van der Waals surface area (Å²) in [5, 5.41) is 0. The summed E-state index contributed by atoms with van der Waals surface area (Å²) in [5.74, 6) is 0. The molecule has 0 aromatic carbocycles. The maximum Gasteiger partial charge on any atom is 0.0172 e. The van der Waals surface area contributed by atoms with Crippen molar-refractivity contribution in [2.24, 2.45) is 0 Å². The molecule has 1 nitrogen and oxygen atoms in total. The van der Waals surface area contributed by atoms with Gasteiger partial charge in [-0.3, -0.25) is 0 Å². The summed E-state index contributed by atoms with van der Waals surface area (Å²) in [6.45, 7) is 9.33. The van der Waals surface area contributed by atoms with Gasteiger partial charge in [0.25, 0.3) is 0 Å². The van der Waals surface area contributed by atoms with Crippen LogP contribution in [0.25, 0.3) is 0 Å². The molecule has 0 radical (unpaired) electrons. The zero-order valence-electron chi connectivity index (χ0n) is 15.2. The summed E-state index contributed by atoms with van der Waals surface area (Å²) < 4.78 is 0. The van der Waals surface area contributed by atoms with Gasteiger partial charge in [-0.15, -0.1) is 0 Å². The number of rotatable bonds is 16. The van der Waals surface area contributed by atoms with E-state index >= 15 is 0 Å². The SMILES string of the molecule is CCCCCCCCCCC=CN(CCCC)CCCC. The van der Waals surface area contributed by atoms with Crippen LogP contribution in [0.15, 0.2) is 12.3 Å². The molecule has 0 saturated heterocycles. The molecule has 0 aliphatic carbocycles. The van der Waals surface area contributed by atoms with Gasteiger partial charge in [0.05, 0.1) is 0 Å². The van der Waals surface area contributed by atoms with Crippen LogP contribution in [0.4, 0.5) is 0 Å². The van der Waals surface area contributed by atoms with E-state index in [1.807, 2.05) is 0 Å². The van der Waals surface area contributed by atoms with E-state index in [4.69, 9.17) is 0 Å². The number of allylic oxidation sites excluding steroid dienone is 1. The smallest absolute Gasteiger partial charge is 0.0172 e. The Bertz CT molecular complexity index is 202. The fraction of sp³-hybridized carbons (Fsp3) is 0.900. The molecule has 0 rings (SSSR count).